The molecule has 5 heteroatoms. The minimum Gasteiger partial charge on any atom is -0.497 e. The van der Waals surface area contributed by atoms with Crippen LogP contribution in [0.4, 0.5) is 5.82 Å². The quantitative estimate of drug-likeness (QED) is 0.799. The van der Waals surface area contributed by atoms with Crippen LogP contribution >= 0.6 is 12.2 Å². The third kappa shape index (κ3) is 3.93. The van der Waals surface area contributed by atoms with Gasteiger partial charge in [0.2, 0.25) is 0 Å². The third-order valence-electron chi connectivity index (χ3n) is 2.86. The summed E-state index contributed by atoms with van der Waals surface area (Å²) in [5.74, 6) is 1.65. The summed E-state index contributed by atoms with van der Waals surface area (Å²) in [5.41, 5.74) is 7.40. The summed E-state index contributed by atoms with van der Waals surface area (Å²) >= 11 is 4.91. The number of ether oxygens (including phenoxy) is 1. The molecule has 2 aromatic rings. The number of anilines is 1. The molecule has 0 saturated carbocycles. The second kappa shape index (κ2) is 6.86. The van der Waals surface area contributed by atoms with Gasteiger partial charge < -0.3 is 15.8 Å². The lowest BCUT2D eigenvalue weighted by atomic mass is 10.1. The summed E-state index contributed by atoms with van der Waals surface area (Å²) in [4.78, 5) is 4.64. The predicted molar refractivity (Wildman–Crippen MR) is 85.3 cm³/mol. The molecule has 0 aliphatic carbocycles. The van der Waals surface area contributed by atoms with Crippen molar-refractivity contribution < 1.29 is 4.74 Å². The predicted octanol–water partition coefficient (Wildman–Crippen LogP) is 2.38. The molecule has 0 aliphatic rings. The van der Waals surface area contributed by atoms with Crippen molar-refractivity contribution in [3.8, 4) is 5.75 Å². The Labute approximate surface area is 124 Å². The summed E-state index contributed by atoms with van der Waals surface area (Å²) in [5, 5.41) is 3.26. The van der Waals surface area contributed by atoms with E-state index in [0.29, 0.717) is 10.7 Å². The van der Waals surface area contributed by atoms with Crippen LogP contribution in [0, 0.1) is 0 Å². The number of hydrogen-bond donors (Lipinski definition) is 2. The Bertz CT molecular complexity index is 601. The zero-order chi connectivity index (χ0) is 14.4. The van der Waals surface area contributed by atoms with E-state index in [9.17, 15) is 0 Å². The van der Waals surface area contributed by atoms with Gasteiger partial charge >= 0.3 is 0 Å². The molecule has 0 spiro atoms. The average molecular weight is 287 g/mol. The monoisotopic (exact) mass is 287 g/mol. The Kier molecular flexibility index (Phi) is 4.90. The van der Waals surface area contributed by atoms with Crippen LogP contribution in [0.25, 0.3) is 0 Å². The molecule has 0 amide bonds. The number of nitrogens with two attached hydrogens (primary N) is 1. The molecule has 1 aromatic carbocycles. The summed E-state index contributed by atoms with van der Waals surface area (Å²) in [6.07, 6.45) is 0.885. The van der Waals surface area contributed by atoms with E-state index in [1.807, 2.05) is 30.3 Å². The molecule has 3 N–H and O–H groups in total. The minimum atomic E-state index is 0.307. The minimum absolute atomic E-state index is 0.307. The number of pyridine rings is 1. The van der Waals surface area contributed by atoms with Crippen LogP contribution in [0.5, 0.6) is 5.75 Å². The zero-order valence-electron chi connectivity index (χ0n) is 11.3. The Hall–Kier alpha value is -2.14. The first-order valence-corrected chi connectivity index (χ1v) is 6.73. The van der Waals surface area contributed by atoms with Gasteiger partial charge in [-0.2, -0.15) is 0 Å². The maximum absolute atomic E-state index is 5.56. The van der Waals surface area contributed by atoms with Gasteiger partial charge in [-0.1, -0.05) is 30.4 Å². The van der Waals surface area contributed by atoms with E-state index >= 15 is 0 Å². The molecule has 0 bridgehead atoms. The highest BCUT2D eigenvalue weighted by Crippen LogP contribution is 2.13. The number of aromatic nitrogens is 1. The van der Waals surface area contributed by atoms with Crippen molar-refractivity contribution in [2.45, 2.75) is 6.42 Å². The normalized spacial score (nSPS) is 10.1. The largest absolute Gasteiger partial charge is 0.497 e. The SMILES string of the molecule is COc1cccc(CCNc2cccc(C(N)=S)n2)c1. The van der Waals surface area contributed by atoms with Crippen molar-refractivity contribution in [2.24, 2.45) is 5.73 Å². The van der Waals surface area contributed by atoms with Gasteiger partial charge in [-0.3, -0.25) is 0 Å². The fraction of sp³-hybridized carbons (Fsp3) is 0.200. The van der Waals surface area contributed by atoms with Crippen molar-refractivity contribution in [3.05, 3.63) is 53.7 Å². The topological polar surface area (TPSA) is 60.2 Å². The molecule has 0 radical (unpaired) electrons. The van der Waals surface area contributed by atoms with E-state index in [1.165, 1.54) is 5.56 Å². The van der Waals surface area contributed by atoms with E-state index in [1.54, 1.807) is 13.2 Å². The molecule has 0 atom stereocenters. The summed E-state index contributed by atoms with van der Waals surface area (Å²) < 4.78 is 5.20. The summed E-state index contributed by atoms with van der Waals surface area (Å²) in [7, 11) is 1.67. The van der Waals surface area contributed by atoms with Crippen LogP contribution < -0.4 is 15.8 Å². The van der Waals surface area contributed by atoms with Crippen molar-refractivity contribution >= 4 is 23.0 Å². The average Bonchev–Trinajstić information content (AvgIpc) is 2.48. The van der Waals surface area contributed by atoms with Crippen LogP contribution in [0.15, 0.2) is 42.5 Å². The van der Waals surface area contributed by atoms with Gasteiger partial charge in [0.25, 0.3) is 0 Å². The third-order valence-corrected chi connectivity index (χ3v) is 3.06. The number of nitrogens with zero attached hydrogens (tertiary/aromatic N) is 1. The first kappa shape index (κ1) is 14.3. The van der Waals surface area contributed by atoms with E-state index in [2.05, 4.69) is 16.4 Å². The first-order valence-electron chi connectivity index (χ1n) is 6.32. The maximum atomic E-state index is 5.56. The van der Waals surface area contributed by atoms with Gasteiger partial charge in [0.05, 0.1) is 12.8 Å². The number of thiocarbonyl (C=S) groups is 1. The molecule has 1 heterocycles. The highest BCUT2D eigenvalue weighted by Gasteiger charge is 2.00. The lowest BCUT2D eigenvalue weighted by Gasteiger charge is -2.08. The van der Waals surface area contributed by atoms with Gasteiger partial charge in [0, 0.05) is 6.54 Å². The van der Waals surface area contributed by atoms with Gasteiger partial charge in [0.15, 0.2) is 0 Å². The molecule has 0 fully saturated rings. The fourth-order valence-corrected chi connectivity index (χ4v) is 1.95. The second-order valence-corrected chi connectivity index (χ2v) is 4.74. The van der Waals surface area contributed by atoms with E-state index in [-0.39, 0.29) is 0 Å². The standard InChI is InChI=1S/C15H17N3OS/c1-19-12-5-2-4-11(10-12)8-9-17-14-7-3-6-13(18-14)15(16)20/h2-7,10H,8-9H2,1H3,(H2,16,20)(H,17,18). The number of rotatable bonds is 6. The van der Waals surface area contributed by atoms with Gasteiger partial charge in [-0.05, 0) is 36.2 Å². The highest BCUT2D eigenvalue weighted by molar-refractivity contribution is 7.80. The Balaban J connectivity index is 1.92. The molecule has 20 heavy (non-hydrogen) atoms. The summed E-state index contributed by atoms with van der Waals surface area (Å²) in [6.45, 7) is 0.779. The molecule has 4 nitrogen and oxygen atoms in total. The van der Waals surface area contributed by atoms with Gasteiger partial charge in [-0.25, -0.2) is 4.98 Å². The number of methoxy groups -OCH3 is 1. The van der Waals surface area contributed by atoms with Crippen LogP contribution in [-0.4, -0.2) is 23.6 Å². The second-order valence-electron chi connectivity index (χ2n) is 4.30. The highest BCUT2D eigenvalue weighted by atomic mass is 32.1. The smallest absolute Gasteiger partial charge is 0.126 e. The van der Waals surface area contributed by atoms with E-state index < -0.39 is 0 Å². The van der Waals surface area contributed by atoms with E-state index in [0.717, 1.165) is 24.5 Å². The lowest BCUT2D eigenvalue weighted by Crippen LogP contribution is -2.13. The first-order chi connectivity index (χ1) is 9.69. The lowest BCUT2D eigenvalue weighted by molar-refractivity contribution is 0.414. The summed E-state index contributed by atoms with van der Waals surface area (Å²) in [6, 6.07) is 13.6. The maximum Gasteiger partial charge on any atom is 0.126 e. The van der Waals surface area contributed by atoms with Crippen LogP contribution in [0.1, 0.15) is 11.3 Å². The molecule has 104 valence electrons. The number of benzene rings is 1. The Morgan fingerprint density at radius 3 is 2.85 bits per heavy atom. The zero-order valence-corrected chi connectivity index (χ0v) is 12.1. The molecular formula is C15H17N3OS. The van der Waals surface area contributed by atoms with Gasteiger partial charge in [-0.15, -0.1) is 0 Å². The number of hydrogen-bond acceptors (Lipinski definition) is 4. The van der Waals surface area contributed by atoms with Crippen LogP contribution in [-0.2, 0) is 6.42 Å². The Morgan fingerprint density at radius 1 is 1.30 bits per heavy atom. The van der Waals surface area contributed by atoms with Crippen molar-refractivity contribution in [2.75, 3.05) is 19.0 Å². The fourth-order valence-electron chi connectivity index (χ4n) is 1.83. The van der Waals surface area contributed by atoms with Crippen molar-refractivity contribution in [3.63, 3.8) is 0 Å². The molecule has 0 aliphatic heterocycles. The van der Waals surface area contributed by atoms with Crippen molar-refractivity contribution in [1.82, 2.24) is 4.98 Å². The molecule has 0 unspecified atom stereocenters. The van der Waals surface area contributed by atoms with Crippen LogP contribution in [0.2, 0.25) is 0 Å². The van der Waals surface area contributed by atoms with Crippen LogP contribution in [0.3, 0.4) is 0 Å². The molecule has 1 aromatic heterocycles. The van der Waals surface area contributed by atoms with E-state index in [4.69, 9.17) is 22.7 Å². The Morgan fingerprint density at radius 2 is 2.10 bits per heavy atom. The molecule has 2 rings (SSSR count). The number of nitrogens with one attached hydrogen (secondary N) is 1. The van der Waals surface area contributed by atoms with Gasteiger partial charge in [0.1, 0.15) is 16.6 Å². The van der Waals surface area contributed by atoms with Crippen molar-refractivity contribution in [1.29, 1.82) is 0 Å². The molecule has 0 saturated heterocycles. The molecular weight excluding hydrogens is 270 g/mol.